The van der Waals surface area contributed by atoms with E-state index in [-0.39, 0.29) is 18.8 Å². The third kappa shape index (κ3) is 4.23. The number of benzene rings is 1. The largest absolute Gasteiger partial charge is 0.351 e. The van der Waals surface area contributed by atoms with Crippen molar-refractivity contribution < 1.29 is 17.6 Å². The Balaban J connectivity index is 1.77. The normalized spacial score (nSPS) is 22.1. The molecule has 2 aromatic rings. The van der Waals surface area contributed by atoms with Gasteiger partial charge in [-0.25, -0.2) is 4.39 Å². The highest BCUT2D eigenvalue weighted by Gasteiger charge is 2.41. The van der Waals surface area contributed by atoms with Gasteiger partial charge in [-0.3, -0.25) is 9.48 Å². The van der Waals surface area contributed by atoms with Crippen LogP contribution in [-0.4, -0.2) is 41.5 Å². The molecule has 2 unspecified atom stereocenters. The molecular formula is C18H24FN5O3S. The minimum atomic E-state index is -3.82. The molecule has 28 heavy (non-hydrogen) atoms. The SMILES string of the molecule is CCn1cc(C2CC(C(=O)NCc3ccc(F)cc3)N(C)S(=O)(=O)N2)c(C)n1. The van der Waals surface area contributed by atoms with E-state index in [1.165, 1.54) is 19.2 Å². The molecule has 152 valence electrons. The summed E-state index contributed by atoms with van der Waals surface area (Å²) < 4.78 is 43.5. The number of nitrogens with zero attached hydrogens (tertiary/aromatic N) is 3. The van der Waals surface area contributed by atoms with Crippen molar-refractivity contribution in [1.29, 1.82) is 0 Å². The van der Waals surface area contributed by atoms with Crippen LogP contribution in [0.2, 0.25) is 0 Å². The second kappa shape index (κ2) is 7.98. The number of nitrogens with one attached hydrogen (secondary N) is 2. The number of carbonyl (C=O) groups is 1. The highest BCUT2D eigenvalue weighted by Crippen LogP contribution is 2.29. The molecule has 3 rings (SSSR count). The molecule has 2 atom stereocenters. The summed E-state index contributed by atoms with van der Waals surface area (Å²) in [4.78, 5) is 12.7. The lowest BCUT2D eigenvalue weighted by atomic mass is 10.00. The third-order valence-electron chi connectivity index (χ3n) is 4.93. The van der Waals surface area contributed by atoms with Crippen LogP contribution < -0.4 is 10.0 Å². The second-order valence-corrected chi connectivity index (χ2v) is 8.57. The number of halogens is 1. The van der Waals surface area contributed by atoms with Crippen molar-refractivity contribution in [3.8, 4) is 0 Å². The minimum absolute atomic E-state index is 0.189. The first-order chi connectivity index (χ1) is 13.2. The first-order valence-electron chi connectivity index (χ1n) is 9.02. The Labute approximate surface area is 163 Å². The van der Waals surface area contributed by atoms with Crippen LogP contribution in [0.3, 0.4) is 0 Å². The van der Waals surface area contributed by atoms with E-state index in [4.69, 9.17) is 0 Å². The van der Waals surface area contributed by atoms with E-state index in [9.17, 15) is 17.6 Å². The molecule has 8 nitrogen and oxygen atoms in total. The van der Waals surface area contributed by atoms with Gasteiger partial charge in [0.1, 0.15) is 11.9 Å². The van der Waals surface area contributed by atoms with Gasteiger partial charge in [0.15, 0.2) is 0 Å². The number of rotatable bonds is 5. The van der Waals surface area contributed by atoms with Crippen molar-refractivity contribution in [3.05, 3.63) is 53.1 Å². The van der Waals surface area contributed by atoms with Crippen molar-refractivity contribution in [2.24, 2.45) is 0 Å². The molecule has 1 saturated heterocycles. The summed E-state index contributed by atoms with van der Waals surface area (Å²) in [6.07, 6.45) is 2.09. The monoisotopic (exact) mass is 409 g/mol. The second-order valence-electron chi connectivity index (χ2n) is 6.81. The van der Waals surface area contributed by atoms with Gasteiger partial charge in [-0.2, -0.15) is 22.5 Å². The molecular weight excluding hydrogens is 385 g/mol. The van der Waals surface area contributed by atoms with E-state index in [1.54, 1.807) is 23.0 Å². The molecule has 10 heteroatoms. The van der Waals surface area contributed by atoms with Gasteiger partial charge in [-0.1, -0.05) is 12.1 Å². The van der Waals surface area contributed by atoms with Crippen LogP contribution >= 0.6 is 0 Å². The van der Waals surface area contributed by atoms with Gasteiger partial charge in [-0.05, 0) is 38.0 Å². The van der Waals surface area contributed by atoms with Gasteiger partial charge >= 0.3 is 0 Å². The summed E-state index contributed by atoms with van der Waals surface area (Å²) in [5.41, 5.74) is 2.21. The topological polar surface area (TPSA) is 96.3 Å². The maximum atomic E-state index is 13.0. The van der Waals surface area contributed by atoms with E-state index in [2.05, 4.69) is 15.1 Å². The van der Waals surface area contributed by atoms with E-state index in [0.717, 1.165) is 21.1 Å². The molecule has 2 heterocycles. The number of carbonyl (C=O) groups excluding carboxylic acids is 1. The molecule has 0 bridgehead atoms. The van der Waals surface area contributed by atoms with E-state index in [0.29, 0.717) is 6.54 Å². The first-order valence-corrected chi connectivity index (χ1v) is 10.5. The van der Waals surface area contributed by atoms with Gasteiger partial charge in [0.05, 0.1) is 11.7 Å². The Bertz CT molecular complexity index is 958. The molecule has 0 aliphatic carbocycles. The number of aromatic nitrogens is 2. The van der Waals surface area contributed by atoms with Crippen LogP contribution in [0.25, 0.3) is 0 Å². The maximum Gasteiger partial charge on any atom is 0.280 e. The Morgan fingerprint density at radius 3 is 2.64 bits per heavy atom. The lowest BCUT2D eigenvalue weighted by Gasteiger charge is -2.36. The van der Waals surface area contributed by atoms with E-state index in [1.807, 2.05) is 13.8 Å². The van der Waals surface area contributed by atoms with Crippen molar-refractivity contribution in [2.45, 2.75) is 45.4 Å². The van der Waals surface area contributed by atoms with Crippen LogP contribution in [0.4, 0.5) is 4.39 Å². The predicted octanol–water partition coefficient (Wildman–Crippen LogP) is 1.25. The van der Waals surface area contributed by atoms with Crippen molar-refractivity contribution in [1.82, 2.24) is 24.1 Å². The number of aryl methyl sites for hydroxylation is 2. The van der Waals surface area contributed by atoms with Gasteiger partial charge < -0.3 is 5.32 Å². The number of amides is 1. The molecule has 1 aromatic heterocycles. The lowest BCUT2D eigenvalue weighted by Crippen LogP contribution is -2.57. The lowest BCUT2D eigenvalue weighted by molar-refractivity contribution is -0.125. The summed E-state index contributed by atoms with van der Waals surface area (Å²) in [6, 6.07) is 4.37. The highest BCUT2D eigenvalue weighted by molar-refractivity contribution is 7.87. The average Bonchev–Trinajstić information content (AvgIpc) is 3.04. The van der Waals surface area contributed by atoms with Crippen LogP contribution in [0.5, 0.6) is 0 Å². The maximum absolute atomic E-state index is 13.0. The van der Waals surface area contributed by atoms with Crippen LogP contribution in [0.15, 0.2) is 30.5 Å². The molecule has 0 saturated carbocycles. The molecule has 1 fully saturated rings. The fraction of sp³-hybridized carbons (Fsp3) is 0.444. The van der Waals surface area contributed by atoms with Gasteiger partial charge in [-0.15, -0.1) is 0 Å². The molecule has 0 radical (unpaired) electrons. The minimum Gasteiger partial charge on any atom is -0.351 e. The quantitative estimate of drug-likeness (QED) is 0.777. The van der Waals surface area contributed by atoms with Crippen molar-refractivity contribution >= 4 is 16.1 Å². The summed E-state index contributed by atoms with van der Waals surface area (Å²) in [7, 11) is -2.44. The number of likely N-dealkylation sites (N-methyl/N-ethyl adjacent to an activating group) is 1. The fourth-order valence-corrected chi connectivity index (χ4v) is 4.53. The summed E-state index contributed by atoms with van der Waals surface area (Å²) >= 11 is 0. The Kier molecular flexibility index (Phi) is 5.82. The Hall–Kier alpha value is -2.30. The van der Waals surface area contributed by atoms with Gasteiger partial charge in [0.25, 0.3) is 10.2 Å². The molecule has 1 aliphatic heterocycles. The molecule has 0 spiro atoms. The highest BCUT2D eigenvalue weighted by atomic mass is 32.2. The predicted molar refractivity (Wildman–Crippen MR) is 102 cm³/mol. The van der Waals surface area contributed by atoms with Crippen LogP contribution in [0, 0.1) is 12.7 Å². The molecule has 1 amide bonds. The zero-order chi connectivity index (χ0) is 20.5. The molecule has 1 aromatic carbocycles. The Morgan fingerprint density at radius 1 is 1.36 bits per heavy atom. The number of hydrogen-bond acceptors (Lipinski definition) is 4. The summed E-state index contributed by atoms with van der Waals surface area (Å²) in [5.74, 6) is -0.757. The Morgan fingerprint density at radius 2 is 2.04 bits per heavy atom. The van der Waals surface area contributed by atoms with Crippen LogP contribution in [0.1, 0.15) is 36.2 Å². The van der Waals surface area contributed by atoms with E-state index < -0.39 is 28.2 Å². The van der Waals surface area contributed by atoms with Crippen molar-refractivity contribution in [2.75, 3.05) is 7.05 Å². The average molecular weight is 409 g/mol. The van der Waals surface area contributed by atoms with Gasteiger partial charge in [0, 0.05) is 31.9 Å². The zero-order valence-electron chi connectivity index (χ0n) is 16.0. The summed E-state index contributed by atoms with van der Waals surface area (Å²) in [6.45, 7) is 4.62. The number of hydrogen-bond donors (Lipinski definition) is 2. The smallest absolute Gasteiger partial charge is 0.280 e. The van der Waals surface area contributed by atoms with Gasteiger partial charge in [0.2, 0.25) is 5.91 Å². The van der Waals surface area contributed by atoms with Crippen LogP contribution in [-0.2, 0) is 28.1 Å². The van der Waals surface area contributed by atoms with E-state index >= 15 is 0 Å². The fourth-order valence-electron chi connectivity index (χ4n) is 3.26. The zero-order valence-corrected chi connectivity index (χ0v) is 16.8. The standard InChI is InChI=1S/C18H24FN5O3S/c1-4-24-11-15(12(2)21-24)16-9-17(23(3)28(26,27)22-16)18(25)20-10-13-5-7-14(19)8-6-13/h5-8,11,16-17,22H,4,9-10H2,1-3H3,(H,20,25). The molecule has 2 N–H and O–H groups in total. The summed E-state index contributed by atoms with van der Waals surface area (Å²) in [5, 5.41) is 7.10. The third-order valence-corrected chi connectivity index (χ3v) is 6.53. The van der Waals surface area contributed by atoms with Crippen molar-refractivity contribution in [3.63, 3.8) is 0 Å². The molecule has 1 aliphatic rings. The first kappa shape index (κ1) is 20.4.